The molecule has 0 unspecified atom stereocenters. The fourth-order valence-electron chi connectivity index (χ4n) is 2.80. The van der Waals surface area contributed by atoms with Crippen molar-refractivity contribution < 1.29 is 34.2 Å². The van der Waals surface area contributed by atoms with E-state index >= 15 is 0 Å². The van der Waals surface area contributed by atoms with Crippen molar-refractivity contribution in [2.45, 2.75) is 84.5 Å². The quantitative estimate of drug-likeness (QED) is 0.213. The molecule has 178 valence electrons. The van der Waals surface area contributed by atoms with Crippen LogP contribution in [-0.2, 0) is 24.0 Å². The van der Waals surface area contributed by atoms with Gasteiger partial charge in [-0.15, -0.1) is 0 Å². The van der Waals surface area contributed by atoms with E-state index in [0.717, 1.165) is 0 Å². The van der Waals surface area contributed by atoms with Crippen LogP contribution in [0, 0.1) is 11.8 Å². The second-order valence-electron chi connectivity index (χ2n) is 8.49. The smallest absolute Gasteiger partial charge is 0.326 e. The van der Waals surface area contributed by atoms with E-state index in [2.05, 4.69) is 16.0 Å². The molecule has 0 aliphatic carbocycles. The van der Waals surface area contributed by atoms with E-state index in [9.17, 15) is 29.1 Å². The van der Waals surface area contributed by atoms with Gasteiger partial charge in [-0.25, -0.2) is 4.79 Å². The minimum atomic E-state index is -1.28. The van der Waals surface area contributed by atoms with Gasteiger partial charge in [0.25, 0.3) is 0 Å². The van der Waals surface area contributed by atoms with Crippen LogP contribution in [0.5, 0.6) is 0 Å². The van der Waals surface area contributed by atoms with Crippen molar-refractivity contribution in [1.29, 1.82) is 0 Å². The number of hydrogen-bond acceptors (Lipinski definition) is 6. The van der Waals surface area contributed by atoms with Crippen LogP contribution in [0.15, 0.2) is 0 Å². The molecule has 0 aliphatic rings. The van der Waals surface area contributed by atoms with E-state index < -0.39 is 60.2 Å². The Bertz CT molecular complexity index is 651. The standard InChI is InChI=1S/C20H36N4O7/c1-10(2)8-13(21)18(28)22-12(5)17(27)23-14(6-7-16(25)26)19(29)24-15(20(30)31)9-11(3)4/h10-15H,6-9,21H2,1-5H3,(H,22,28)(H,23,27)(H,24,29)(H,25,26)(H,30,31)/t12-,13-,14-,15-/m0/s1. The molecule has 0 bridgehead atoms. The van der Waals surface area contributed by atoms with Gasteiger partial charge in [-0.05, 0) is 38.0 Å². The van der Waals surface area contributed by atoms with E-state index in [0.29, 0.717) is 6.42 Å². The van der Waals surface area contributed by atoms with Crippen molar-refractivity contribution >= 4 is 29.7 Å². The molecule has 0 aromatic rings. The average molecular weight is 445 g/mol. The second-order valence-corrected chi connectivity index (χ2v) is 8.49. The molecule has 0 aliphatic heterocycles. The molecule has 0 aromatic carbocycles. The Labute approximate surface area is 182 Å². The van der Waals surface area contributed by atoms with Crippen LogP contribution in [0.25, 0.3) is 0 Å². The van der Waals surface area contributed by atoms with E-state index in [1.807, 2.05) is 13.8 Å². The maximum atomic E-state index is 12.6. The second kappa shape index (κ2) is 13.6. The van der Waals surface area contributed by atoms with Gasteiger partial charge in [0.05, 0.1) is 6.04 Å². The fourth-order valence-corrected chi connectivity index (χ4v) is 2.80. The van der Waals surface area contributed by atoms with E-state index in [1.54, 1.807) is 13.8 Å². The van der Waals surface area contributed by atoms with Gasteiger partial charge in [-0.2, -0.15) is 0 Å². The molecule has 0 fully saturated rings. The highest BCUT2D eigenvalue weighted by molar-refractivity contribution is 5.94. The monoisotopic (exact) mass is 444 g/mol. The number of rotatable bonds is 14. The Morgan fingerprint density at radius 3 is 1.71 bits per heavy atom. The number of amides is 3. The number of carbonyl (C=O) groups excluding carboxylic acids is 3. The van der Waals surface area contributed by atoms with Gasteiger partial charge in [-0.3, -0.25) is 19.2 Å². The predicted octanol–water partition coefficient (Wildman–Crippen LogP) is -0.170. The first-order valence-electron chi connectivity index (χ1n) is 10.4. The maximum Gasteiger partial charge on any atom is 0.326 e. The van der Waals surface area contributed by atoms with Crippen LogP contribution in [0.2, 0.25) is 0 Å². The number of nitrogens with one attached hydrogen (secondary N) is 3. The third-order valence-electron chi connectivity index (χ3n) is 4.42. The molecule has 3 amide bonds. The van der Waals surface area contributed by atoms with Crippen molar-refractivity contribution in [3.63, 3.8) is 0 Å². The van der Waals surface area contributed by atoms with Gasteiger partial charge in [0.15, 0.2) is 0 Å². The predicted molar refractivity (Wildman–Crippen MR) is 113 cm³/mol. The van der Waals surface area contributed by atoms with E-state index in [-0.39, 0.29) is 24.7 Å². The van der Waals surface area contributed by atoms with Crippen molar-refractivity contribution in [2.75, 3.05) is 0 Å². The lowest BCUT2D eigenvalue weighted by Gasteiger charge is -2.24. The highest BCUT2D eigenvalue weighted by Gasteiger charge is 2.29. The molecule has 0 radical (unpaired) electrons. The summed E-state index contributed by atoms with van der Waals surface area (Å²) in [7, 11) is 0. The van der Waals surface area contributed by atoms with Crippen molar-refractivity contribution in [3.8, 4) is 0 Å². The molecule has 0 aromatic heterocycles. The van der Waals surface area contributed by atoms with E-state index in [4.69, 9.17) is 10.8 Å². The first kappa shape index (κ1) is 28.3. The largest absolute Gasteiger partial charge is 0.481 e. The summed E-state index contributed by atoms with van der Waals surface area (Å²) < 4.78 is 0. The Balaban J connectivity index is 5.17. The molecule has 0 saturated heterocycles. The van der Waals surface area contributed by atoms with Crippen molar-refractivity contribution in [1.82, 2.24) is 16.0 Å². The lowest BCUT2D eigenvalue weighted by molar-refractivity contribution is -0.143. The minimum Gasteiger partial charge on any atom is -0.481 e. The zero-order valence-corrected chi connectivity index (χ0v) is 18.8. The van der Waals surface area contributed by atoms with Gasteiger partial charge in [-0.1, -0.05) is 27.7 Å². The Morgan fingerprint density at radius 2 is 1.26 bits per heavy atom. The number of carboxylic acids is 2. The zero-order valence-electron chi connectivity index (χ0n) is 18.8. The number of nitrogens with two attached hydrogens (primary N) is 1. The van der Waals surface area contributed by atoms with Crippen LogP contribution in [0.4, 0.5) is 0 Å². The topological polar surface area (TPSA) is 188 Å². The average Bonchev–Trinajstić information content (AvgIpc) is 2.62. The summed E-state index contributed by atoms with van der Waals surface area (Å²) in [4.78, 5) is 59.5. The molecular formula is C20H36N4O7. The van der Waals surface area contributed by atoms with Crippen molar-refractivity contribution in [2.24, 2.45) is 17.6 Å². The molecule has 31 heavy (non-hydrogen) atoms. The molecule has 0 rings (SSSR count). The molecule has 0 spiro atoms. The molecule has 0 saturated carbocycles. The third-order valence-corrected chi connectivity index (χ3v) is 4.42. The first-order valence-corrected chi connectivity index (χ1v) is 10.4. The molecule has 11 heteroatoms. The van der Waals surface area contributed by atoms with Crippen LogP contribution < -0.4 is 21.7 Å². The van der Waals surface area contributed by atoms with Gasteiger partial charge >= 0.3 is 11.9 Å². The molecular weight excluding hydrogens is 408 g/mol. The summed E-state index contributed by atoms with van der Waals surface area (Å²) >= 11 is 0. The van der Waals surface area contributed by atoms with Gasteiger partial charge in [0.2, 0.25) is 17.7 Å². The van der Waals surface area contributed by atoms with Crippen LogP contribution in [0.3, 0.4) is 0 Å². The summed E-state index contributed by atoms with van der Waals surface area (Å²) in [5, 5.41) is 25.4. The van der Waals surface area contributed by atoms with Crippen molar-refractivity contribution in [3.05, 3.63) is 0 Å². The number of carboxylic acid groups (broad SMARTS) is 2. The zero-order chi connectivity index (χ0) is 24.3. The molecule has 4 atom stereocenters. The lowest BCUT2D eigenvalue weighted by atomic mass is 10.0. The molecule has 7 N–H and O–H groups in total. The van der Waals surface area contributed by atoms with Crippen LogP contribution in [-0.4, -0.2) is 64.0 Å². The van der Waals surface area contributed by atoms with Gasteiger partial charge in [0, 0.05) is 6.42 Å². The maximum absolute atomic E-state index is 12.6. The number of aliphatic carboxylic acids is 2. The Morgan fingerprint density at radius 1 is 0.742 bits per heavy atom. The summed E-state index contributed by atoms with van der Waals surface area (Å²) in [6.45, 7) is 8.79. The summed E-state index contributed by atoms with van der Waals surface area (Å²) in [5.41, 5.74) is 5.79. The van der Waals surface area contributed by atoms with E-state index in [1.165, 1.54) is 6.92 Å². The highest BCUT2D eigenvalue weighted by atomic mass is 16.4. The summed E-state index contributed by atoms with van der Waals surface area (Å²) in [5.74, 6) is -4.29. The molecule has 11 nitrogen and oxygen atoms in total. The van der Waals surface area contributed by atoms with Crippen LogP contribution >= 0.6 is 0 Å². The highest BCUT2D eigenvalue weighted by Crippen LogP contribution is 2.07. The Hall–Kier alpha value is -2.69. The minimum absolute atomic E-state index is 0.0151. The Kier molecular flexibility index (Phi) is 12.4. The van der Waals surface area contributed by atoms with Gasteiger partial charge in [0.1, 0.15) is 18.1 Å². The summed E-state index contributed by atoms with van der Waals surface area (Å²) in [6.07, 6.45) is -0.0636. The lowest BCUT2D eigenvalue weighted by Crippen LogP contribution is -2.56. The van der Waals surface area contributed by atoms with Gasteiger partial charge < -0.3 is 31.9 Å². The molecule has 0 heterocycles. The number of carbonyl (C=O) groups is 5. The first-order chi connectivity index (χ1) is 14.2. The normalized spacial score (nSPS) is 15.0. The van der Waals surface area contributed by atoms with Crippen LogP contribution in [0.1, 0.15) is 60.3 Å². The summed E-state index contributed by atoms with van der Waals surface area (Å²) in [6, 6.07) is -4.28. The third kappa shape index (κ3) is 11.9. The SMILES string of the molecule is CC(C)C[C@H](NC(=O)[C@H](CCC(=O)O)NC(=O)[C@H](C)NC(=O)[C@@H](N)CC(C)C)C(=O)O. The fraction of sp³-hybridized carbons (Fsp3) is 0.750. The number of hydrogen-bond donors (Lipinski definition) is 6.